The van der Waals surface area contributed by atoms with Gasteiger partial charge in [0.05, 0.1) is 7.11 Å². The predicted octanol–water partition coefficient (Wildman–Crippen LogP) is 2.56. The Balaban J connectivity index is 2.14. The second-order valence-corrected chi connectivity index (χ2v) is 5.44. The summed E-state index contributed by atoms with van der Waals surface area (Å²) in [7, 11) is 1.41. The Morgan fingerprint density at radius 3 is 2.85 bits per heavy atom. The van der Waals surface area contributed by atoms with Gasteiger partial charge in [-0.05, 0) is 35.5 Å². The van der Waals surface area contributed by atoms with Gasteiger partial charge in [0.25, 0.3) is 0 Å². The lowest BCUT2D eigenvalue weighted by molar-refractivity contribution is -0.141. The summed E-state index contributed by atoms with van der Waals surface area (Å²) in [6.45, 7) is 6.48. The molecule has 1 aromatic carbocycles. The lowest BCUT2D eigenvalue weighted by Gasteiger charge is -2.09. The van der Waals surface area contributed by atoms with Gasteiger partial charge in [-0.25, -0.2) is 0 Å². The van der Waals surface area contributed by atoms with E-state index in [0.29, 0.717) is 5.92 Å². The number of carbonyl (C=O) groups excluding carboxylic acids is 1. The molecule has 0 bridgehead atoms. The van der Waals surface area contributed by atoms with Crippen LogP contribution in [0.3, 0.4) is 0 Å². The van der Waals surface area contributed by atoms with E-state index in [1.54, 1.807) is 0 Å². The third kappa shape index (κ3) is 3.61. The molecule has 0 aliphatic rings. The van der Waals surface area contributed by atoms with Crippen molar-refractivity contribution in [2.45, 2.75) is 26.9 Å². The van der Waals surface area contributed by atoms with Crippen molar-refractivity contribution < 1.29 is 9.53 Å². The molecule has 20 heavy (non-hydrogen) atoms. The van der Waals surface area contributed by atoms with E-state index in [2.05, 4.69) is 37.4 Å². The largest absolute Gasteiger partial charge is 0.468 e. The van der Waals surface area contributed by atoms with Gasteiger partial charge in [-0.2, -0.15) is 0 Å². The van der Waals surface area contributed by atoms with Crippen molar-refractivity contribution in [3.8, 4) is 0 Å². The third-order valence-electron chi connectivity index (χ3n) is 3.25. The molecule has 1 heterocycles. The number of hydrogen-bond donors (Lipinski definition) is 1. The first kappa shape index (κ1) is 14.6. The molecule has 2 aromatic rings. The van der Waals surface area contributed by atoms with E-state index in [1.807, 2.05) is 16.8 Å². The van der Waals surface area contributed by atoms with Crippen LogP contribution in [-0.4, -0.2) is 24.2 Å². The van der Waals surface area contributed by atoms with Gasteiger partial charge in [-0.3, -0.25) is 4.79 Å². The molecule has 4 nitrogen and oxygen atoms in total. The lowest BCUT2D eigenvalue weighted by atomic mass is 10.1. The van der Waals surface area contributed by atoms with Crippen LogP contribution >= 0.6 is 0 Å². The van der Waals surface area contributed by atoms with Gasteiger partial charge in [0.1, 0.15) is 6.54 Å². The maximum atomic E-state index is 11.4. The number of rotatable bonds is 6. The van der Waals surface area contributed by atoms with E-state index in [0.717, 1.165) is 24.0 Å². The van der Waals surface area contributed by atoms with E-state index in [9.17, 15) is 4.79 Å². The van der Waals surface area contributed by atoms with Crippen molar-refractivity contribution in [1.82, 2.24) is 9.88 Å². The highest BCUT2D eigenvalue weighted by Crippen LogP contribution is 2.18. The fourth-order valence-electron chi connectivity index (χ4n) is 2.19. The topological polar surface area (TPSA) is 43.3 Å². The summed E-state index contributed by atoms with van der Waals surface area (Å²) in [5.74, 6) is 0.410. The van der Waals surface area contributed by atoms with Crippen LogP contribution in [-0.2, 0) is 22.6 Å². The van der Waals surface area contributed by atoms with Gasteiger partial charge in [-0.1, -0.05) is 26.0 Å². The zero-order valence-corrected chi connectivity index (χ0v) is 12.3. The summed E-state index contributed by atoms with van der Waals surface area (Å²) in [5.41, 5.74) is 2.29. The van der Waals surface area contributed by atoms with Crippen molar-refractivity contribution in [2.24, 2.45) is 5.92 Å². The van der Waals surface area contributed by atoms with E-state index >= 15 is 0 Å². The van der Waals surface area contributed by atoms with Crippen LogP contribution in [0.15, 0.2) is 30.5 Å². The Morgan fingerprint density at radius 2 is 2.15 bits per heavy atom. The number of nitrogens with zero attached hydrogens (tertiary/aromatic N) is 1. The number of nitrogens with one attached hydrogen (secondary N) is 1. The van der Waals surface area contributed by atoms with Crippen LogP contribution < -0.4 is 5.32 Å². The highest BCUT2D eigenvalue weighted by molar-refractivity contribution is 5.82. The van der Waals surface area contributed by atoms with Gasteiger partial charge in [0.15, 0.2) is 0 Å². The summed E-state index contributed by atoms with van der Waals surface area (Å²) >= 11 is 0. The molecule has 0 radical (unpaired) electrons. The molecule has 0 aliphatic carbocycles. The number of ether oxygens (including phenoxy) is 1. The number of aromatic nitrogens is 1. The molecule has 0 fully saturated rings. The number of methoxy groups -OCH3 is 1. The second kappa shape index (κ2) is 6.57. The van der Waals surface area contributed by atoms with Gasteiger partial charge >= 0.3 is 5.97 Å². The number of esters is 1. The summed E-state index contributed by atoms with van der Waals surface area (Å²) < 4.78 is 6.65. The van der Waals surface area contributed by atoms with E-state index in [4.69, 9.17) is 4.74 Å². The molecular weight excluding hydrogens is 252 g/mol. The van der Waals surface area contributed by atoms with Crippen LogP contribution in [0, 0.1) is 5.92 Å². The maximum Gasteiger partial charge on any atom is 0.325 e. The van der Waals surface area contributed by atoms with Crippen molar-refractivity contribution >= 4 is 16.9 Å². The predicted molar refractivity (Wildman–Crippen MR) is 80.5 cm³/mol. The Morgan fingerprint density at radius 1 is 1.35 bits per heavy atom. The molecule has 0 amide bonds. The van der Waals surface area contributed by atoms with Crippen molar-refractivity contribution in [3.05, 3.63) is 36.0 Å². The van der Waals surface area contributed by atoms with Crippen molar-refractivity contribution in [3.63, 3.8) is 0 Å². The summed E-state index contributed by atoms with van der Waals surface area (Å²) in [6.07, 6.45) is 1.92. The summed E-state index contributed by atoms with van der Waals surface area (Å²) in [4.78, 5) is 11.4. The quantitative estimate of drug-likeness (QED) is 0.823. The Bertz CT molecular complexity index is 587. The van der Waals surface area contributed by atoms with E-state index in [-0.39, 0.29) is 12.5 Å². The third-order valence-corrected chi connectivity index (χ3v) is 3.25. The van der Waals surface area contributed by atoms with E-state index in [1.165, 1.54) is 12.7 Å². The summed E-state index contributed by atoms with van der Waals surface area (Å²) in [6, 6.07) is 8.36. The first-order chi connectivity index (χ1) is 9.60. The van der Waals surface area contributed by atoms with Gasteiger partial charge in [0.2, 0.25) is 0 Å². The fourth-order valence-corrected chi connectivity index (χ4v) is 2.19. The Kier molecular flexibility index (Phi) is 4.79. The molecule has 0 atom stereocenters. The highest BCUT2D eigenvalue weighted by atomic mass is 16.5. The van der Waals surface area contributed by atoms with Crippen LogP contribution in [0.1, 0.15) is 19.4 Å². The smallest absolute Gasteiger partial charge is 0.325 e. The molecule has 0 spiro atoms. The molecule has 0 aliphatic heterocycles. The molecule has 4 heteroatoms. The molecule has 108 valence electrons. The van der Waals surface area contributed by atoms with E-state index < -0.39 is 0 Å². The Hall–Kier alpha value is -1.81. The minimum atomic E-state index is -0.231. The summed E-state index contributed by atoms with van der Waals surface area (Å²) in [5, 5.41) is 4.57. The molecule has 1 aromatic heterocycles. The highest BCUT2D eigenvalue weighted by Gasteiger charge is 2.07. The zero-order valence-electron chi connectivity index (χ0n) is 12.3. The van der Waals surface area contributed by atoms with Crippen molar-refractivity contribution in [2.75, 3.05) is 13.7 Å². The number of benzene rings is 1. The number of hydrogen-bond acceptors (Lipinski definition) is 3. The second-order valence-electron chi connectivity index (χ2n) is 5.44. The molecular formula is C16H22N2O2. The lowest BCUT2D eigenvalue weighted by Crippen LogP contribution is -2.19. The number of fused-ring (bicyclic) bond motifs is 1. The fraction of sp³-hybridized carbons (Fsp3) is 0.438. The van der Waals surface area contributed by atoms with Crippen LogP contribution in [0.4, 0.5) is 0 Å². The van der Waals surface area contributed by atoms with Gasteiger partial charge in [0, 0.05) is 18.3 Å². The monoisotopic (exact) mass is 274 g/mol. The van der Waals surface area contributed by atoms with Crippen LogP contribution in [0.2, 0.25) is 0 Å². The normalized spacial score (nSPS) is 11.2. The van der Waals surface area contributed by atoms with Gasteiger partial charge in [-0.15, -0.1) is 0 Å². The zero-order chi connectivity index (χ0) is 14.5. The average Bonchev–Trinajstić information content (AvgIpc) is 2.81. The SMILES string of the molecule is COC(=O)Cn1ccc2ccc(CNCC(C)C)cc21. The van der Waals surface area contributed by atoms with Crippen LogP contribution in [0.5, 0.6) is 0 Å². The molecule has 2 rings (SSSR count). The molecule has 0 saturated heterocycles. The minimum absolute atomic E-state index is 0.231. The standard InChI is InChI=1S/C16H22N2O2/c1-12(2)9-17-10-13-4-5-14-6-7-18(15(14)8-13)11-16(19)20-3/h4-8,12,17H,9-11H2,1-3H3. The van der Waals surface area contributed by atoms with Crippen molar-refractivity contribution in [1.29, 1.82) is 0 Å². The number of carbonyl (C=O) groups is 1. The molecule has 0 unspecified atom stereocenters. The molecule has 1 N–H and O–H groups in total. The first-order valence-corrected chi connectivity index (χ1v) is 6.95. The van der Waals surface area contributed by atoms with Gasteiger partial charge < -0.3 is 14.6 Å². The maximum absolute atomic E-state index is 11.4. The first-order valence-electron chi connectivity index (χ1n) is 6.95. The average molecular weight is 274 g/mol. The molecule has 0 saturated carbocycles. The van der Waals surface area contributed by atoms with Crippen LogP contribution in [0.25, 0.3) is 10.9 Å². The minimum Gasteiger partial charge on any atom is -0.468 e. The Labute approximate surface area is 119 Å².